The van der Waals surface area contributed by atoms with Crippen LogP contribution in [-0.2, 0) is 22.6 Å². The highest BCUT2D eigenvalue weighted by molar-refractivity contribution is 5.67. The summed E-state index contributed by atoms with van der Waals surface area (Å²) in [5.41, 5.74) is 1.97. The fraction of sp³-hybridized carbons (Fsp3) is 0.455. The maximum absolute atomic E-state index is 12.4. The number of benzene rings is 1. The molecule has 2 atom stereocenters. The average Bonchev–Trinajstić information content (AvgIpc) is 2.77. The van der Waals surface area contributed by atoms with Gasteiger partial charge in [0.25, 0.3) is 0 Å². The van der Waals surface area contributed by atoms with Gasteiger partial charge in [0.15, 0.2) is 0 Å². The van der Waals surface area contributed by atoms with E-state index in [4.69, 9.17) is 14.2 Å². The molecule has 1 saturated heterocycles. The molecule has 1 N–H and O–H groups in total. The van der Waals surface area contributed by atoms with Crippen LogP contribution >= 0.6 is 0 Å². The molecule has 1 aliphatic rings. The zero-order chi connectivity index (χ0) is 20.5. The monoisotopic (exact) mass is 399 g/mol. The summed E-state index contributed by atoms with van der Waals surface area (Å²) in [6.07, 6.45) is 1.31. The number of pyridine rings is 1. The zero-order valence-electron chi connectivity index (χ0n) is 17.0. The van der Waals surface area contributed by atoms with Crippen LogP contribution in [0.1, 0.15) is 25.0 Å². The zero-order valence-corrected chi connectivity index (χ0v) is 17.0. The largest absolute Gasteiger partial charge is 0.478 e. The third kappa shape index (κ3) is 6.17. The molecule has 1 fully saturated rings. The van der Waals surface area contributed by atoms with Gasteiger partial charge >= 0.3 is 6.09 Å². The highest BCUT2D eigenvalue weighted by Gasteiger charge is 2.29. The molecule has 156 valence electrons. The first-order valence-corrected chi connectivity index (χ1v) is 10.0. The highest BCUT2D eigenvalue weighted by atomic mass is 16.6. The molecule has 7 nitrogen and oxygen atoms in total. The van der Waals surface area contributed by atoms with Gasteiger partial charge < -0.3 is 24.4 Å². The third-order valence-corrected chi connectivity index (χ3v) is 4.86. The summed E-state index contributed by atoms with van der Waals surface area (Å²) in [7, 11) is 0. The van der Waals surface area contributed by atoms with Crippen LogP contribution < -0.4 is 10.1 Å². The number of rotatable bonds is 8. The summed E-state index contributed by atoms with van der Waals surface area (Å²) in [4.78, 5) is 18.4. The molecule has 0 aliphatic carbocycles. The SMILES string of the molecule is CCOc1ncccc1CN[C@H](C)[C@H]1CN(C(=O)OCc2ccccc2)CCO1. The van der Waals surface area contributed by atoms with Gasteiger partial charge in [0.1, 0.15) is 6.61 Å². The van der Waals surface area contributed by atoms with E-state index in [1.807, 2.05) is 49.4 Å². The molecule has 29 heavy (non-hydrogen) atoms. The average molecular weight is 399 g/mol. The Kier molecular flexibility index (Phi) is 7.84. The van der Waals surface area contributed by atoms with Crippen molar-refractivity contribution in [1.82, 2.24) is 15.2 Å². The molecule has 1 aromatic carbocycles. The van der Waals surface area contributed by atoms with Crippen molar-refractivity contribution in [3.63, 3.8) is 0 Å². The van der Waals surface area contributed by atoms with Gasteiger partial charge in [0.2, 0.25) is 5.88 Å². The van der Waals surface area contributed by atoms with Gasteiger partial charge in [-0.2, -0.15) is 0 Å². The van der Waals surface area contributed by atoms with Crippen LogP contribution in [0.3, 0.4) is 0 Å². The Hall–Kier alpha value is -2.64. The van der Waals surface area contributed by atoms with Crippen molar-refractivity contribution in [3.8, 4) is 5.88 Å². The molecule has 0 radical (unpaired) electrons. The Labute approximate surface area is 172 Å². The van der Waals surface area contributed by atoms with Gasteiger partial charge in [0.05, 0.1) is 25.9 Å². The van der Waals surface area contributed by atoms with Gasteiger partial charge in [0, 0.05) is 30.9 Å². The Balaban J connectivity index is 1.48. The first-order valence-electron chi connectivity index (χ1n) is 10.0. The lowest BCUT2D eigenvalue weighted by molar-refractivity contribution is -0.0420. The standard InChI is InChI=1S/C22H29N3O4/c1-3-27-21-19(10-7-11-23-21)14-24-17(2)20-15-25(12-13-28-20)22(26)29-16-18-8-5-4-6-9-18/h4-11,17,20,24H,3,12-16H2,1-2H3/t17-,20-/m1/s1. The molecular weight excluding hydrogens is 370 g/mol. The van der Waals surface area contributed by atoms with Crippen molar-refractivity contribution < 1.29 is 19.0 Å². The van der Waals surface area contributed by atoms with Crippen LogP contribution in [0.4, 0.5) is 4.79 Å². The van der Waals surface area contributed by atoms with Crippen LogP contribution in [-0.4, -0.2) is 54.4 Å². The van der Waals surface area contributed by atoms with E-state index in [2.05, 4.69) is 17.2 Å². The number of morpholine rings is 1. The van der Waals surface area contributed by atoms with E-state index in [9.17, 15) is 4.79 Å². The van der Waals surface area contributed by atoms with Crippen molar-refractivity contribution in [1.29, 1.82) is 0 Å². The van der Waals surface area contributed by atoms with E-state index in [1.165, 1.54) is 0 Å². The molecule has 7 heteroatoms. The van der Waals surface area contributed by atoms with Gasteiger partial charge in [-0.05, 0) is 25.5 Å². The highest BCUT2D eigenvalue weighted by Crippen LogP contribution is 2.16. The van der Waals surface area contributed by atoms with Crippen molar-refractivity contribution >= 4 is 6.09 Å². The molecule has 1 aromatic heterocycles. The van der Waals surface area contributed by atoms with Crippen LogP contribution in [0, 0.1) is 0 Å². The second-order valence-corrected chi connectivity index (χ2v) is 6.97. The number of nitrogens with one attached hydrogen (secondary N) is 1. The number of nitrogens with zero attached hydrogens (tertiary/aromatic N) is 2. The van der Waals surface area contributed by atoms with Gasteiger partial charge in [-0.1, -0.05) is 36.4 Å². The van der Waals surface area contributed by atoms with E-state index in [0.29, 0.717) is 38.7 Å². The number of amides is 1. The van der Waals surface area contributed by atoms with E-state index in [0.717, 1.165) is 11.1 Å². The van der Waals surface area contributed by atoms with Gasteiger partial charge in [-0.25, -0.2) is 9.78 Å². The summed E-state index contributed by atoms with van der Waals surface area (Å²) >= 11 is 0. The Morgan fingerprint density at radius 1 is 1.31 bits per heavy atom. The summed E-state index contributed by atoms with van der Waals surface area (Å²) in [6.45, 7) is 6.98. The topological polar surface area (TPSA) is 72.9 Å². The van der Waals surface area contributed by atoms with Crippen molar-refractivity contribution in [2.24, 2.45) is 0 Å². The number of aromatic nitrogens is 1. The minimum Gasteiger partial charge on any atom is -0.478 e. The Morgan fingerprint density at radius 2 is 2.14 bits per heavy atom. The first-order chi connectivity index (χ1) is 14.2. The summed E-state index contributed by atoms with van der Waals surface area (Å²) in [5.74, 6) is 0.644. The molecule has 1 amide bonds. The number of hydrogen-bond acceptors (Lipinski definition) is 6. The molecule has 0 saturated carbocycles. The molecule has 2 aromatic rings. The fourth-order valence-electron chi connectivity index (χ4n) is 3.18. The quantitative estimate of drug-likeness (QED) is 0.736. The Morgan fingerprint density at radius 3 is 2.93 bits per heavy atom. The maximum Gasteiger partial charge on any atom is 0.410 e. The van der Waals surface area contributed by atoms with Crippen LogP contribution in [0.2, 0.25) is 0 Å². The lowest BCUT2D eigenvalue weighted by Crippen LogP contribution is -2.52. The maximum atomic E-state index is 12.4. The minimum absolute atomic E-state index is 0.0504. The lowest BCUT2D eigenvalue weighted by atomic mass is 10.1. The number of hydrogen-bond donors (Lipinski definition) is 1. The predicted molar refractivity (Wildman–Crippen MR) is 110 cm³/mol. The van der Waals surface area contributed by atoms with Crippen molar-refractivity contribution in [2.75, 3.05) is 26.3 Å². The van der Waals surface area contributed by atoms with E-state index in [-0.39, 0.29) is 24.8 Å². The first kappa shape index (κ1) is 21.1. The molecule has 2 heterocycles. The molecule has 0 spiro atoms. The predicted octanol–water partition coefficient (Wildman–Crippen LogP) is 3.00. The lowest BCUT2D eigenvalue weighted by Gasteiger charge is -2.35. The summed E-state index contributed by atoms with van der Waals surface area (Å²) in [6, 6.07) is 13.6. The van der Waals surface area contributed by atoms with Crippen molar-refractivity contribution in [2.45, 2.75) is 39.1 Å². The number of ether oxygens (including phenoxy) is 3. The normalized spacial score (nSPS) is 17.6. The van der Waals surface area contributed by atoms with Crippen LogP contribution in [0.25, 0.3) is 0 Å². The van der Waals surface area contributed by atoms with Gasteiger partial charge in [-0.3, -0.25) is 0 Å². The van der Waals surface area contributed by atoms with Crippen molar-refractivity contribution in [3.05, 3.63) is 59.8 Å². The van der Waals surface area contributed by atoms with E-state index >= 15 is 0 Å². The number of carbonyl (C=O) groups excluding carboxylic acids is 1. The molecule has 3 rings (SSSR count). The minimum atomic E-state index is -0.305. The van der Waals surface area contributed by atoms with E-state index in [1.54, 1.807) is 11.1 Å². The second-order valence-electron chi connectivity index (χ2n) is 6.97. The Bertz CT molecular complexity index is 772. The molecular formula is C22H29N3O4. The smallest absolute Gasteiger partial charge is 0.410 e. The van der Waals surface area contributed by atoms with E-state index < -0.39 is 0 Å². The summed E-state index contributed by atoms with van der Waals surface area (Å²) in [5, 5.41) is 3.46. The summed E-state index contributed by atoms with van der Waals surface area (Å²) < 4.78 is 16.9. The molecule has 1 aliphatic heterocycles. The van der Waals surface area contributed by atoms with Crippen LogP contribution in [0.5, 0.6) is 5.88 Å². The molecule has 0 bridgehead atoms. The van der Waals surface area contributed by atoms with Gasteiger partial charge in [-0.15, -0.1) is 0 Å². The second kappa shape index (κ2) is 10.8. The van der Waals surface area contributed by atoms with Crippen LogP contribution in [0.15, 0.2) is 48.7 Å². The third-order valence-electron chi connectivity index (χ3n) is 4.86. The number of carbonyl (C=O) groups is 1. The molecule has 0 unspecified atom stereocenters. The fourth-order valence-corrected chi connectivity index (χ4v) is 3.18.